The maximum absolute atomic E-state index is 12.6. The van der Waals surface area contributed by atoms with Gasteiger partial charge in [-0.2, -0.15) is 0 Å². The van der Waals surface area contributed by atoms with Crippen LogP contribution in [0.2, 0.25) is 10.0 Å². The average Bonchev–Trinajstić information content (AvgIpc) is 3.02. The predicted molar refractivity (Wildman–Crippen MR) is 118 cm³/mol. The number of halogens is 2. The molecular weight excluding hydrogens is 395 g/mol. The summed E-state index contributed by atoms with van der Waals surface area (Å²) in [4.78, 5) is 26.8. The van der Waals surface area contributed by atoms with Crippen molar-refractivity contribution in [3.8, 4) is 0 Å². The molecule has 3 rings (SSSR count). The Kier molecular flexibility index (Phi) is 7.67. The molecular formula is C22H24Cl2N2O2. The van der Waals surface area contributed by atoms with Crippen LogP contribution in [0.3, 0.4) is 0 Å². The maximum Gasteiger partial charge on any atom is 0.232 e. The van der Waals surface area contributed by atoms with Gasteiger partial charge in [0.1, 0.15) is 0 Å². The number of rotatable bonds is 4. The number of allylic oxidation sites excluding steroid dienone is 2. The van der Waals surface area contributed by atoms with Gasteiger partial charge in [-0.15, -0.1) is 0 Å². The first kappa shape index (κ1) is 22.0. The Balaban J connectivity index is 0.000000640. The molecule has 4 nitrogen and oxygen atoms in total. The van der Waals surface area contributed by atoms with E-state index in [4.69, 9.17) is 23.2 Å². The lowest BCUT2D eigenvalue weighted by molar-refractivity contribution is -0.117. The Hall–Kier alpha value is -2.30. The van der Waals surface area contributed by atoms with Gasteiger partial charge in [0.15, 0.2) is 5.78 Å². The molecule has 6 heteroatoms. The van der Waals surface area contributed by atoms with E-state index in [1.165, 1.54) is 0 Å². The average molecular weight is 419 g/mol. The summed E-state index contributed by atoms with van der Waals surface area (Å²) < 4.78 is 0. The smallest absolute Gasteiger partial charge is 0.232 e. The zero-order chi connectivity index (χ0) is 20.8. The second-order valence-electron chi connectivity index (χ2n) is 6.59. The Bertz CT molecular complexity index is 886. The number of anilines is 2. The molecule has 0 aliphatic carbocycles. The number of amides is 1. The van der Waals surface area contributed by atoms with Crippen LogP contribution < -0.4 is 10.2 Å². The van der Waals surface area contributed by atoms with Gasteiger partial charge in [0, 0.05) is 42.4 Å². The van der Waals surface area contributed by atoms with Crippen molar-refractivity contribution in [3.05, 3.63) is 69.7 Å². The highest BCUT2D eigenvalue weighted by Gasteiger charge is 2.35. The fourth-order valence-electron chi connectivity index (χ4n) is 2.82. The molecule has 1 amide bonds. The Morgan fingerprint density at radius 2 is 1.61 bits per heavy atom. The SMILES string of the molecule is C/C=C\C.CN(C)c1ccc(C(=O)CC2C(=O)Nc3c(Cl)ccc(Cl)c32)cc1. The van der Waals surface area contributed by atoms with Crippen molar-refractivity contribution in [3.63, 3.8) is 0 Å². The molecule has 0 fully saturated rings. The molecule has 0 spiro atoms. The van der Waals surface area contributed by atoms with Crippen molar-refractivity contribution in [2.24, 2.45) is 0 Å². The Morgan fingerprint density at radius 1 is 1.04 bits per heavy atom. The predicted octanol–water partition coefficient (Wildman–Crippen LogP) is 5.95. The topological polar surface area (TPSA) is 49.4 Å². The minimum Gasteiger partial charge on any atom is -0.378 e. The summed E-state index contributed by atoms with van der Waals surface area (Å²) in [6, 6.07) is 10.6. The molecule has 1 aliphatic rings. The number of nitrogens with zero attached hydrogens (tertiary/aromatic N) is 1. The summed E-state index contributed by atoms with van der Waals surface area (Å²) >= 11 is 12.3. The molecule has 1 aliphatic heterocycles. The van der Waals surface area contributed by atoms with Gasteiger partial charge in [0.2, 0.25) is 5.91 Å². The first-order chi connectivity index (χ1) is 13.3. The lowest BCUT2D eigenvalue weighted by atomic mass is 9.92. The van der Waals surface area contributed by atoms with Gasteiger partial charge in [-0.25, -0.2) is 0 Å². The number of hydrogen-bond acceptors (Lipinski definition) is 3. The van der Waals surface area contributed by atoms with Crippen LogP contribution in [-0.2, 0) is 4.79 Å². The fraction of sp³-hybridized carbons (Fsp3) is 0.273. The lowest BCUT2D eigenvalue weighted by Gasteiger charge is -2.13. The van der Waals surface area contributed by atoms with Crippen LogP contribution in [0.5, 0.6) is 0 Å². The number of Topliss-reactive ketones (excluding diaryl/α,β-unsaturated/α-hetero) is 1. The molecule has 0 radical (unpaired) electrons. The van der Waals surface area contributed by atoms with E-state index in [-0.39, 0.29) is 18.1 Å². The van der Waals surface area contributed by atoms with Crippen LogP contribution >= 0.6 is 23.2 Å². The molecule has 1 unspecified atom stereocenters. The molecule has 1 N–H and O–H groups in total. The molecule has 0 saturated carbocycles. The highest BCUT2D eigenvalue weighted by Crippen LogP contribution is 2.43. The van der Waals surface area contributed by atoms with Crippen LogP contribution in [0.15, 0.2) is 48.6 Å². The van der Waals surface area contributed by atoms with Crippen molar-refractivity contribution in [2.45, 2.75) is 26.2 Å². The summed E-state index contributed by atoms with van der Waals surface area (Å²) in [7, 11) is 3.87. The van der Waals surface area contributed by atoms with E-state index in [0.29, 0.717) is 26.9 Å². The van der Waals surface area contributed by atoms with Crippen molar-refractivity contribution in [1.82, 2.24) is 0 Å². The molecule has 0 aromatic heterocycles. The number of fused-ring (bicyclic) bond motifs is 1. The molecule has 1 atom stereocenters. The van der Waals surface area contributed by atoms with Crippen molar-refractivity contribution >= 4 is 46.3 Å². The van der Waals surface area contributed by atoms with E-state index in [1.807, 2.05) is 57.1 Å². The van der Waals surface area contributed by atoms with E-state index in [1.54, 1.807) is 24.3 Å². The normalized spacial score (nSPS) is 14.9. The first-order valence-corrected chi connectivity index (χ1v) is 9.72. The minimum atomic E-state index is -0.618. The van der Waals surface area contributed by atoms with Crippen LogP contribution in [0.1, 0.15) is 42.1 Å². The van der Waals surface area contributed by atoms with Gasteiger partial charge < -0.3 is 10.2 Å². The second kappa shape index (κ2) is 9.76. The second-order valence-corrected chi connectivity index (χ2v) is 7.41. The zero-order valence-electron chi connectivity index (χ0n) is 16.4. The Morgan fingerprint density at radius 3 is 2.14 bits per heavy atom. The molecule has 0 bridgehead atoms. The number of hydrogen-bond donors (Lipinski definition) is 1. The third-order valence-electron chi connectivity index (χ3n) is 4.48. The third kappa shape index (κ3) is 4.94. The van der Waals surface area contributed by atoms with E-state index in [9.17, 15) is 9.59 Å². The third-order valence-corrected chi connectivity index (χ3v) is 5.13. The van der Waals surface area contributed by atoms with Crippen molar-refractivity contribution in [1.29, 1.82) is 0 Å². The number of carbonyl (C=O) groups excluding carboxylic acids is 2. The van der Waals surface area contributed by atoms with E-state index < -0.39 is 5.92 Å². The quantitative estimate of drug-likeness (QED) is 0.492. The molecule has 2 aromatic rings. The summed E-state index contributed by atoms with van der Waals surface area (Å²) in [6.07, 6.45) is 4.06. The van der Waals surface area contributed by atoms with Crippen LogP contribution in [0, 0.1) is 0 Å². The van der Waals surface area contributed by atoms with Crippen LogP contribution in [0.4, 0.5) is 11.4 Å². The summed E-state index contributed by atoms with van der Waals surface area (Å²) in [6.45, 7) is 4.00. The van der Waals surface area contributed by atoms with E-state index >= 15 is 0 Å². The first-order valence-electron chi connectivity index (χ1n) is 8.96. The fourth-order valence-corrected chi connectivity index (χ4v) is 3.32. The maximum atomic E-state index is 12.6. The van der Waals surface area contributed by atoms with Crippen LogP contribution in [-0.4, -0.2) is 25.8 Å². The summed E-state index contributed by atoms with van der Waals surface area (Å²) in [5, 5.41) is 3.59. The summed E-state index contributed by atoms with van der Waals surface area (Å²) in [5.41, 5.74) is 2.69. The number of nitrogens with one attached hydrogen (secondary N) is 1. The van der Waals surface area contributed by atoms with Gasteiger partial charge in [-0.05, 0) is 50.2 Å². The van der Waals surface area contributed by atoms with Crippen LogP contribution in [0.25, 0.3) is 0 Å². The molecule has 2 aromatic carbocycles. The van der Waals surface area contributed by atoms with Gasteiger partial charge >= 0.3 is 0 Å². The van der Waals surface area contributed by atoms with Gasteiger partial charge in [0.05, 0.1) is 16.6 Å². The molecule has 148 valence electrons. The summed E-state index contributed by atoms with van der Waals surface area (Å²) in [5.74, 6) is -0.977. The lowest BCUT2D eigenvalue weighted by Crippen LogP contribution is -2.16. The van der Waals surface area contributed by atoms with Gasteiger partial charge in [0.25, 0.3) is 0 Å². The van der Waals surface area contributed by atoms with E-state index in [0.717, 1.165) is 5.69 Å². The number of benzene rings is 2. The molecule has 28 heavy (non-hydrogen) atoms. The standard InChI is InChI=1S/C18H16Cl2N2O2.C4H8/c1-22(2)11-5-3-10(4-6-11)15(23)9-12-16-13(19)7-8-14(20)17(16)21-18(12)24;1-3-4-2/h3-8,12H,9H2,1-2H3,(H,21,24);3-4H,1-2H3/b;4-3-. The molecule has 0 saturated heterocycles. The van der Waals surface area contributed by atoms with Crippen molar-refractivity contribution < 1.29 is 9.59 Å². The highest BCUT2D eigenvalue weighted by atomic mass is 35.5. The van der Waals surface area contributed by atoms with E-state index in [2.05, 4.69) is 5.32 Å². The van der Waals surface area contributed by atoms with Gasteiger partial charge in [-0.3, -0.25) is 9.59 Å². The number of carbonyl (C=O) groups is 2. The molecule has 1 heterocycles. The largest absolute Gasteiger partial charge is 0.378 e. The zero-order valence-corrected chi connectivity index (χ0v) is 17.9. The van der Waals surface area contributed by atoms with Crippen molar-refractivity contribution in [2.75, 3.05) is 24.3 Å². The monoisotopic (exact) mass is 418 g/mol. The van der Waals surface area contributed by atoms with Gasteiger partial charge in [-0.1, -0.05) is 35.4 Å². The minimum absolute atomic E-state index is 0.0558. The Labute approximate surface area is 176 Å². The number of ketones is 1. The highest BCUT2D eigenvalue weighted by molar-refractivity contribution is 6.38.